The number of anilines is 1. The van der Waals surface area contributed by atoms with Crippen molar-refractivity contribution in [2.24, 2.45) is 5.92 Å². The van der Waals surface area contributed by atoms with Crippen LogP contribution in [0.2, 0.25) is 0 Å². The van der Waals surface area contributed by atoms with E-state index in [-0.39, 0.29) is 6.10 Å². The van der Waals surface area contributed by atoms with Gasteiger partial charge in [-0.3, -0.25) is 0 Å². The fourth-order valence-corrected chi connectivity index (χ4v) is 2.60. The highest BCUT2D eigenvalue weighted by atomic mass is 16.5. The van der Waals surface area contributed by atoms with Crippen molar-refractivity contribution in [1.29, 1.82) is 0 Å². The second-order valence-corrected chi connectivity index (χ2v) is 5.22. The van der Waals surface area contributed by atoms with Gasteiger partial charge in [0.2, 0.25) is 0 Å². The Bertz CT molecular complexity index is 459. The number of hydrogen-bond donors (Lipinski definition) is 1. The zero-order chi connectivity index (χ0) is 13.8. The second kappa shape index (κ2) is 5.95. The number of nitrogens with two attached hydrogens (primary N) is 1. The SMILES string of the molecule is COC(=O)c1cccc(OC2CCCC(C)C2)c1N. The summed E-state index contributed by atoms with van der Waals surface area (Å²) in [7, 11) is 1.35. The first-order valence-electron chi connectivity index (χ1n) is 6.75. The van der Waals surface area contributed by atoms with E-state index in [2.05, 4.69) is 6.92 Å². The van der Waals surface area contributed by atoms with Crippen LogP contribution >= 0.6 is 0 Å². The van der Waals surface area contributed by atoms with Crippen molar-refractivity contribution in [3.63, 3.8) is 0 Å². The Labute approximate surface area is 113 Å². The van der Waals surface area contributed by atoms with Crippen molar-refractivity contribution in [1.82, 2.24) is 0 Å². The summed E-state index contributed by atoms with van der Waals surface area (Å²) in [6.45, 7) is 2.24. The lowest BCUT2D eigenvalue weighted by molar-refractivity contribution is 0.0600. The normalized spacial score (nSPS) is 22.8. The molecule has 0 aromatic heterocycles. The van der Waals surface area contributed by atoms with E-state index in [0.717, 1.165) is 12.8 Å². The fraction of sp³-hybridized carbons (Fsp3) is 0.533. The minimum absolute atomic E-state index is 0.193. The van der Waals surface area contributed by atoms with Crippen molar-refractivity contribution in [3.05, 3.63) is 23.8 Å². The number of ether oxygens (including phenoxy) is 2. The van der Waals surface area contributed by atoms with Crippen LogP contribution in [-0.4, -0.2) is 19.2 Å². The Morgan fingerprint density at radius 2 is 2.16 bits per heavy atom. The first-order chi connectivity index (χ1) is 9.11. The zero-order valence-corrected chi connectivity index (χ0v) is 11.5. The smallest absolute Gasteiger partial charge is 0.340 e. The molecule has 1 fully saturated rings. The molecule has 1 aliphatic carbocycles. The van der Waals surface area contributed by atoms with Gasteiger partial charge in [-0.15, -0.1) is 0 Å². The van der Waals surface area contributed by atoms with Crippen LogP contribution in [0, 0.1) is 5.92 Å². The van der Waals surface area contributed by atoms with Crippen molar-refractivity contribution in [2.45, 2.75) is 38.7 Å². The summed E-state index contributed by atoms with van der Waals surface area (Å²) in [5, 5.41) is 0. The third-order valence-electron chi connectivity index (χ3n) is 3.65. The average Bonchev–Trinajstić information content (AvgIpc) is 2.40. The van der Waals surface area contributed by atoms with E-state index < -0.39 is 5.97 Å². The molecule has 0 radical (unpaired) electrons. The number of carbonyl (C=O) groups is 1. The van der Waals surface area contributed by atoms with Gasteiger partial charge in [-0.1, -0.05) is 19.4 Å². The van der Waals surface area contributed by atoms with Gasteiger partial charge in [-0.2, -0.15) is 0 Å². The van der Waals surface area contributed by atoms with Crippen LogP contribution in [0.25, 0.3) is 0 Å². The van der Waals surface area contributed by atoms with Crippen LogP contribution in [0.3, 0.4) is 0 Å². The van der Waals surface area contributed by atoms with Crippen LogP contribution in [-0.2, 0) is 4.74 Å². The maximum Gasteiger partial charge on any atom is 0.340 e. The predicted octanol–water partition coefficient (Wildman–Crippen LogP) is 3.01. The highest BCUT2D eigenvalue weighted by Crippen LogP contribution is 2.31. The maximum atomic E-state index is 11.6. The van der Waals surface area contributed by atoms with Gasteiger partial charge in [-0.25, -0.2) is 4.79 Å². The predicted molar refractivity (Wildman–Crippen MR) is 74.2 cm³/mol. The molecular formula is C15H21NO3. The quantitative estimate of drug-likeness (QED) is 0.672. The number of esters is 1. The van der Waals surface area contributed by atoms with Crippen molar-refractivity contribution in [3.8, 4) is 5.75 Å². The Hall–Kier alpha value is -1.71. The van der Waals surface area contributed by atoms with Gasteiger partial charge in [0.25, 0.3) is 0 Å². The molecule has 1 aliphatic rings. The van der Waals surface area contributed by atoms with Crippen LogP contribution in [0.5, 0.6) is 5.75 Å². The van der Waals surface area contributed by atoms with Gasteiger partial charge >= 0.3 is 5.97 Å². The standard InChI is InChI=1S/C15H21NO3/c1-10-5-3-6-11(9-10)19-13-8-4-7-12(14(13)16)15(17)18-2/h4,7-8,10-11H,3,5-6,9,16H2,1-2H3. The Kier molecular flexibility index (Phi) is 4.30. The number of rotatable bonds is 3. The number of carbonyl (C=O) groups excluding carboxylic acids is 1. The molecule has 0 heterocycles. The molecule has 0 aliphatic heterocycles. The summed E-state index contributed by atoms with van der Waals surface area (Å²) in [6, 6.07) is 5.22. The van der Waals surface area contributed by atoms with Crippen molar-refractivity contribution in [2.75, 3.05) is 12.8 Å². The number of para-hydroxylation sites is 1. The summed E-state index contributed by atoms with van der Waals surface area (Å²) < 4.78 is 10.7. The topological polar surface area (TPSA) is 61.5 Å². The lowest BCUT2D eigenvalue weighted by atomic mass is 9.88. The average molecular weight is 263 g/mol. The molecule has 1 saturated carbocycles. The molecule has 1 aromatic carbocycles. The van der Waals surface area contributed by atoms with Gasteiger partial charge in [0, 0.05) is 0 Å². The van der Waals surface area contributed by atoms with E-state index in [1.807, 2.05) is 0 Å². The van der Waals surface area contributed by atoms with Gasteiger partial charge in [0.15, 0.2) is 0 Å². The van der Waals surface area contributed by atoms with Crippen LogP contribution < -0.4 is 10.5 Å². The largest absolute Gasteiger partial charge is 0.488 e. The number of benzene rings is 1. The van der Waals surface area contributed by atoms with Crippen molar-refractivity contribution < 1.29 is 14.3 Å². The van der Waals surface area contributed by atoms with Crippen LogP contribution in [0.15, 0.2) is 18.2 Å². The van der Waals surface area contributed by atoms with E-state index >= 15 is 0 Å². The fourth-order valence-electron chi connectivity index (χ4n) is 2.60. The first-order valence-corrected chi connectivity index (χ1v) is 6.75. The van der Waals surface area contributed by atoms with E-state index in [4.69, 9.17) is 15.2 Å². The number of nitrogen functional groups attached to an aromatic ring is 1. The molecule has 1 aromatic rings. The number of hydrogen-bond acceptors (Lipinski definition) is 4. The van der Waals surface area contributed by atoms with E-state index in [1.165, 1.54) is 20.0 Å². The summed E-state index contributed by atoms with van der Waals surface area (Å²) in [6.07, 6.45) is 4.73. The summed E-state index contributed by atoms with van der Waals surface area (Å²) in [5.74, 6) is 0.839. The molecule has 4 heteroatoms. The van der Waals surface area contributed by atoms with Crippen LogP contribution in [0.4, 0.5) is 5.69 Å². The summed E-state index contributed by atoms with van der Waals surface area (Å²) in [4.78, 5) is 11.6. The van der Waals surface area contributed by atoms with E-state index in [1.54, 1.807) is 18.2 Å². The van der Waals surface area contributed by atoms with Gasteiger partial charge in [0.05, 0.1) is 24.5 Å². The molecule has 19 heavy (non-hydrogen) atoms. The second-order valence-electron chi connectivity index (χ2n) is 5.22. The van der Waals surface area contributed by atoms with E-state index in [0.29, 0.717) is 22.9 Å². The maximum absolute atomic E-state index is 11.6. The molecule has 2 unspecified atom stereocenters. The Morgan fingerprint density at radius 1 is 1.37 bits per heavy atom. The molecule has 4 nitrogen and oxygen atoms in total. The van der Waals surface area contributed by atoms with Crippen molar-refractivity contribution >= 4 is 11.7 Å². The molecule has 104 valence electrons. The summed E-state index contributed by atoms with van der Waals surface area (Å²) in [5.41, 5.74) is 6.72. The minimum Gasteiger partial charge on any atom is -0.488 e. The zero-order valence-electron chi connectivity index (χ0n) is 11.5. The van der Waals surface area contributed by atoms with Gasteiger partial charge < -0.3 is 15.2 Å². The summed E-state index contributed by atoms with van der Waals surface area (Å²) >= 11 is 0. The lowest BCUT2D eigenvalue weighted by Gasteiger charge is -2.28. The Morgan fingerprint density at radius 3 is 2.84 bits per heavy atom. The molecule has 2 N–H and O–H groups in total. The third-order valence-corrected chi connectivity index (χ3v) is 3.65. The molecular weight excluding hydrogens is 242 g/mol. The highest BCUT2D eigenvalue weighted by Gasteiger charge is 2.22. The van der Waals surface area contributed by atoms with Gasteiger partial charge in [0.1, 0.15) is 5.75 Å². The third kappa shape index (κ3) is 3.19. The molecule has 0 spiro atoms. The van der Waals surface area contributed by atoms with Crippen LogP contribution in [0.1, 0.15) is 43.0 Å². The molecule has 0 bridgehead atoms. The highest BCUT2D eigenvalue weighted by molar-refractivity contribution is 5.96. The molecule has 2 rings (SSSR count). The molecule has 2 atom stereocenters. The van der Waals surface area contributed by atoms with Gasteiger partial charge in [-0.05, 0) is 37.3 Å². The first kappa shape index (κ1) is 13.7. The molecule has 0 saturated heterocycles. The lowest BCUT2D eigenvalue weighted by Crippen LogP contribution is -2.24. The molecule has 0 amide bonds. The monoisotopic (exact) mass is 263 g/mol. The number of methoxy groups -OCH3 is 1. The minimum atomic E-state index is -0.431. The van der Waals surface area contributed by atoms with E-state index in [9.17, 15) is 4.79 Å². The Balaban J connectivity index is 2.14.